The Morgan fingerprint density at radius 2 is 2.12 bits per heavy atom. The molecular formula is C8H3Cl2N3O3S. The van der Waals surface area contributed by atoms with Crippen LogP contribution < -0.4 is 4.74 Å². The van der Waals surface area contributed by atoms with Crippen LogP contribution in [0.4, 0.5) is 5.69 Å². The van der Waals surface area contributed by atoms with Gasteiger partial charge >= 0.3 is 5.69 Å². The van der Waals surface area contributed by atoms with Crippen molar-refractivity contribution in [3.05, 3.63) is 38.5 Å². The Morgan fingerprint density at radius 3 is 2.71 bits per heavy atom. The van der Waals surface area contributed by atoms with E-state index in [2.05, 4.69) is 8.75 Å². The summed E-state index contributed by atoms with van der Waals surface area (Å²) in [6, 6.07) is 4.03. The van der Waals surface area contributed by atoms with E-state index in [1.807, 2.05) is 0 Å². The van der Waals surface area contributed by atoms with E-state index < -0.39 is 4.92 Å². The van der Waals surface area contributed by atoms with E-state index in [-0.39, 0.29) is 27.5 Å². The Bertz CT molecular complexity index is 575. The Labute approximate surface area is 109 Å². The predicted octanol–water partition coefficient (Wildman–Crippen LogP) is 3.55. The van der Waals surface area contributed by atoms with E-state index in [1.54, 1.807) is 0 Å². The van der Waals surface area contributed by atoms with Crippen LogP contribution in [0.1, 0.15) is 0 Å². The molecule has 1 aromatic carbocycles. The van der Waals surface area contributed by atoms with Gasteiger partial charge < -0.3 is 4.74 Å². The molecule has 2 aromatic rings. The fourth-order valence-corrected chi connectivity index (χ4v) is 1.83. The number of aromatic nitrogens is 2. The van der Waals surface area contributed by atoms with Crippen molar-refractivity contribution in [3.8, 4) is 11.6 Å². The molecule has 0 aliphatic carbocycles. The topological polar surface area (TPSA) is 78.2 Å². The Balaban J connectivity index is 2.39. The molecular weight excluding hydrogens is 289 g/mol. The van der Waals surface area contributed by atoms with Gasteiger partial charge in [-0.3, -0.25) is 10.1 Å². The van der Waals surface area contributed by atoms with E-state index in [9.17, 15) is 10.1 Å². The first kappa shape index (κ1) is 12.0. The minimum Gasteiger partial charge on any atom is -0.428 e. The van der Waals surface area contributed by atoms with Crippen molar-refractivity contribution in [1.82, 2.24) is 8.75 Å². The monoisotopic (exact) mass is 291 g/mol. The molecule has 0 radical (unpaired) electrons. The molecule has 0 aliphatic rings. The third kappa shape index (κ3) is 2.63. The van der Waals surface area contributed by atoms with Gasteiger partial charge in [0.2, 0.25) is 10.9 Å². The number of ether oxygens (including phenoxy) is 1. The largest absolute Gasteiger partial charge is 0.428 e. The molecule has 2 rings (SSSR count). The number of rotatable bonds is 3. The van der Waals surface area contributed by atoms with Crippen LogP contribution in [0.25, 0.3) is 0 Å². The molecule has 9 heteroatoms. The fourth-order valence-electron chi connectivity index (χ4n) is 1.05. The highest BCUT2D eigenvalue weighted by molar-refractivity contribution is 6.99. The lowest BCUT2D eigenvalue weighted by molar-refractivity contribution is -0.385. The third-order valence-corrected chi connectivity index (χ3v) is 2.84. The highest BCUT2D eigenvalue weighted by Gasteiger charge is 2.18. The molecule has 0 atom stereocenters. The number of hydrogen-bond donors (Lipinski definition) is 0. The summed E-state index contributed by atoms with van der Waals surface area (Å²) in [4.78, 5) is 10.2. The smallest absolute Gasteiger partial charge is 0.313 e. The molecule has 0 fully saturated rings. The first-order chi connectivity index (χ1) is 8.08. The zero-order chi connectivity index (χ0) is 12.4. The normalized spacial score (nSPS) is 10.2. The summed E-state index contributed by atoms with van der Waals surface area (Å²) in [5.74, 6) is 0.0380. The maximum Gasteiger partial charge on any atom is 0.313 e. The summed E-state index contributed by atoms with van der Waals surface area (Å²) < 4.78 is 12.6. The third-order valence-electron chi connectivity index (χ3n) is 1.75. The van der Waals surface area contributed by atoms with Gasteiger partial charge in [-0.25, -0.2) is 0 Å². The van der Waals surface area contributed by atoms with E-state index in [0.29, 0.717) is 0 Å². The maximum atomic E-state index is 10.8. The highest BCUT2D eigenvalue weighted by Crippen LogP contribution is 2.35. The number of hydrogen-bond acceptors (Lipinski definition) is 6. The first-order valence-electron chi connectivity index (χ1n) is 4.18. The molecule has 0 saturated carbocycles. The van der Waals surface area contributed by atoms with Crippen molar-refractivity contribution in [1.29, 1.82) is 0 Å². The molecule has 0 N–H and O–H groups in total. The van der Waals surface area contributed by atoms with Gasteiger partial charge in [-0.05, 0) is 12.1 Å². The van der Waals surface area contributed by atoms with Crippen LogP contribution in [-0.4, -0.2) is 13.7 Å². The van der Waals surface area contributed by atoms with Gasteiger partial charge in [0.05, 0.1) is 16.7 Å². The Kier molecular flexibility index (Phi) is 3.41. The molecule has 0 unspecified atom stereocenters. The lowest BCUT2D eigenvalue weighted by Gasteiger charge is -2.03. The van der Waals surface area contributed by atoms with Crippen LogP contribution in [0.5, 0.6) is 11.6 Å². The van der Waals surface area contributed by atoms with Gasteiger partial charge in [0.1, 0.15) is 0 Å². The van der Waals surface area contributed by atoms with Gasteiger partial charge in [-0.2, -0.15) is 4.37 Å². The number of nitro groups is 1. The molecule has 1 heterocycles. The van der Waals surface area contributed by atoms with Gasteiger partial charge in [0.25, 0.3) is 5.88 Å². The fraction of sp³-hybridized carbons (Fsp3) is 0. The Hall–Kier alpha value is -1.44. The average Bonchev–Trinajstić information content (AvgIpc) is 2.67. The van der Waals surface area contributed by atoms with Crippen LogP contribution in [0, 0.1) is 10.1 Å². The first-order valence-corrected chi connectivity index (χ1v) is 5.66. The molecule has 88 valence electrons. The van der Waals surface area contributed by atoms with Gasteiger partial charge in [0, 0.05) is 11.1 Å². The zero-order valence-electron chi connectivity index (χ0n) is 7.96. The summed E-state index contributed by atoms with van der Waals surface area (Å²) in [6.07, 6.45) is 0. The lowest BCUT2D eigenvalue weighted by atomic mass is 10.3. The summed E-state index contributed by atoms with van der Waals surface area (Å²) >= 11 is 12.2. The molecule has 0 saturated heterocycles. The second kappa shape index (κ2) is 4.82. The molecule has 0 amide bonds. The molecule has 0 spiro atoms. The van der Waals surface area contributed by atoms with Gasteiger partial charge in [-0.1, -0.05) is 23.2 Å². The van der Waals surface area contributed by atoms with E-state index in [0.717, 1.165) is 11.7 Å². The molecule has 0 aliphatic heterocycles. The zero-order valence-corrected chi connectivity index (χ0v) is 10.3. The lowest BCUT2D eigenvalue weighted by Crippen LogP contribution is -1.93. The number of nitro benzene ring substituents is 1. The summed E-state index contributed by atoms with van der Waals surface area (Å²) in [6.45, 7) is 0. The molecule has 17 heavy (non-hydrogen) atoms. The number of nitrogens with zero attached hydrogens (tertiary/aromatic N) is 3. The van der Waals surface area contributed by atoms with Crippen LogP contribution >= 0.6 is 34.9 Å². The standard InChI is InChI=1S/C8H3Cl2N3O3S/c9-4-1-2-6(5(3-4)13(14)15)16-8-7(10)11-17-12-8/h1-3H. The van der Waals surface area contributed by atoms with Crippen molar-refractivity contribution in [2.24, 2.45) is 0 Å². The summed E-state index contributed by atoms with van der Waals surface area (Å²) in [7, 11) is 0. The molecule has 0 bridgehead atoms. The number of halogens is 2. The van der Waals surface area contributed by atoms with Crippen molar-refractivity contribution in [2.45, 2.75) is 0 Å². The minimum absolute atomic E-state index is 0.00833. The second-order valence-corrected chi connectivity index (χ2v) is 4.15. The van der Waals surface area contributed by atoms with E-state index in [1.165, 1.54) is 18.2 Å². The average molecular weight is 292 g/mol. The van der Waals surface area contributed by atoms with Crippen LogP contribution in [0.3, 0.4) is 0 Å². The predicted molar refractivity (Wildman–Crippen MR) is 63.1 cm³/mol. The molecule has 1 aromatic heterocycles. The Morgan fingerprint density at radius 1 is 1.35 bits per heavy atom. The second-order valence-electron chi connectivity index (χ2n) is 2.83. The SMILES string of the molecule is O=[N+]([O-])c1cc(Cl)ccc1Oc1nsnc1Cl. The number of benzene rings is 1. The van der Waals surface area contributed by atoms with Crippen molar-refractivity contribution in [3.63, 3.8) is 0 Å². The van der Waals surface area contributed by atoms with E-state index >= 15 is 0 Å². The van der Waals surface area contributed by atoms with Gasteiger partial charge in [-0.15, -0.1) is 4.37 Å². The molecule has 6 nitrogen and oxygen atoms in total. The van der Waals surface area contributed by atoms with E-state index in [4.69, 9.17) is 27.9 Å². The minimum atomic E-state index is -0.602. The van der Waals surface area contributed by atoms with Crippen molar-refractivity contribution < 1.29 is 9.66 Å². The van der Waals surface area contributed by atoms with Crippen LogP contribution in [-0.2, 0) is 0 Å². The quantitative estimate of drug-likeness (QED) is 0.638. The summed E-state index contributed by atoms with van der Waals surface area (Å²) in [5.41, 5.74) is -0.262. The van der Waals surface area contributed by atoms with Crippen molar-refractivity contribution >= 4 is 40.6 Å². The van der Waals surface area contributed by atoms with Gasteiger partial charge in [0.15, 0.2) is 0 Å². The van der Waals surface area contributed by atoms with Crippen LogP contribution in [0.15, 0.2) is 18.2 Å². The summed E-state index contributed by atoms with van der Waals surface area (Å²) in [5, 5.41) is 11.1. The van der Waals surface area contributed by atoms with Crippen molar-refractivity contribution in [2.75, 3.05) is 0 Å². The maximum absolute atomic E-state index is 10.8. The highest BCUT2D eigenvalue weighted by atomic mass is 35.5. The van der Waals surface area contributed by atoms with Crippen LogP contribution in [0.2, 0.25) is 10.2 Å².